The number of carbonyl (C=O) groups is 4. The molecule has 2 aromatic heterocycles. The lowest BCUT2D eigenvalue weighted by Crippen LogP contribution is -2.55. The molecule has 17 nitrogen and oxygen atoms in total. The molecule has 7 aliphatic rings. The smallest absolute Gasteiger partial charge is 0.318 e. The Morgan fingerprint density at radius 1 is 0.612 bits per heavy atom. The van der Waals surface area contributed by atoms with Crippen LogP contribution in [0.3, 0.4) is 0 Å². The molecule has 2 aliphatic carbocycles. The molecule has 2 unspecified atom stereocenters. The van der Waals surface area contributed by atoms with Crippen LogP contribution in [0.1, 0.15) is 144 Å². The molecule has 0 spiro atoms. The Kier molecular flexibility index (Phi) is 13.2. The summed E-state index contributed by atoms with van der Waals surface area (Å²) in [6.45, 7) is 15.3. The van der Waals surface area contributed by atoms with E-state index in [0.29, 0.717) is 83.4 Å². The standard InChI is InChI=1S/C50H71N11O6/c1-30(2)43(55-49(64)58-19-23-66-24-20-58)47(62)60-15-5-7-39(60)45-51-28-36(53-45)32-13-17-57(18-14-32)38-12-11-35(41-33-9-10-34(27-33)42(38)41)37-29-52-46(54-37)40-8-6-16-61(40)48(63)44(31(3)4)56-50(65)59-21-25-67-26-22-59/h11-12,28-34,39-40,43-44H,5-10,13-27H2,1-4H3,(H,51,53)(H,52,54)(H,55,64)(H,56,65)/t33?,34?,39-,40-,43-,44-/m0/s1. The molecule has 4 N–H and O–H groups in total. The summed E-state index contributed by atoms with van der Waals surface area (Å²) in [6, 6.07) is 2.71. The topological polar surface area (TPSA) is 184 Å². The molecule has 6 atom stereocenters. The fourth-order valence-electron chi connectivity index (χ4n) is 12.3. The summed E-state index contributed by atoms with van der Waals surface area (Å²) in [6.07, 6.45) is 13.1. The molecule has 7 heterocycles. The van der Waals surface area contributed by atoms with Crippen LogP contribution in [0, 0.1) is 11.8 Å². The summed E-state index contributed by atoms with van der Waals surface area (Å²) in [4.78, 5) is 81.8. The number of aromatic nitrogens is 4. The second-order valence-electron chi connectivity index (χ2n) is 20.8. The van der Waals surface area contributed by atoms with E-state index in [1.807, 2.05) is 49.9 Å². The average molecular weight is 922 g/mol. The average Bonchev–Trinajstić information content (AvgIpc) is 4.22. The Morgan fingerprint density at radius 3 is 1.69 bits per heavy atom. The molecule has 5 aliphatic heterocycles. The van der Waals surface area contributed by atoms with Gasteiger partial charge in [0.2, 0.25) is 11.8 Å². The fraction of sp³-hybridized carbons (Fsp3) is 0.680. The maximum absolute atomic E-state index is 14.2. The minimum atomic E-state index is -0.620. The normalized spacial score (nSPS) is 25.3. The molecule has 2 bridgehead atoms. The summed E-state index contributed by atoms with van der Waals surface area (Å²) in [5.41, 5.74) is 7.76. The Bertz CT molecular complexity index is 2270. The van der Waals surface area contributed by atoms with Crippen molar-refractivity contribution in [2.24, 2.45) is 11.8 Å². The molecule has 17 heteroatoms. The van der Waals surface area contributed by atoms with Gasteiger partial charge in [0.05, 0.1) is 50.4 Å². The highest BCUT2D eigenvalue weighted by atomic mass is 16.5. The van der Waals surface area contributed by atoms with Gasteiger partial charge in [-0.3, -0.25) is 9.59 Å². The zero-order valence-corrected chi connectivity index (χ0v) is 39.9. The van der Waals surface area contributed by atoms with E-state index in [4.69, 9.17) is 19.4 Å². The predicted octanol–water partition coefficient (Wildman–Crippen LogP) is 6.01. The Balaban J connectivity index is 0.797. The number of nitrogens with one attached hydrogen (secondary N) is 4. The van der Waals surface area contributed by atoms with Gasteiger partial charge in [-0.15, -0.1) is 0 Å². The van der Waals surface area contributed by atoms with Gasteiger partial charge >= 0.3 is 12.1 Å². The van der Waals surface area contributed by atoms with Crippen LogP contribution in [0.5, 0.6) is 0 Å². The van der Waals surface area contributed by atoms with Crippen LogP contribution in [0.25, 0.3) is 11.3 Å². The molecule has 362 valence electrons. The molecule has 1 saturated carbocycles. The second-order valence-corrected chi connectivity index (χ2v) is 20.8. The first-order valence-corrected chi connectivity index (χ1v) is 25.4. The summed E-state index contributed by atoms with van der Waals surface area (Å²) < 4.78 is 10.9. The third-order valence-corrected chi connectivity index (χ3v) is 16.0. The van der Waals surface area contributed by atoms with Crippen LogP contribution >= 0.6 is 0 Å². The SMILES string of the molecule is CC(C)[C@H](NC(=O)N1CCOCC1)C(=O)N1CCC[C@H]1c1ncc(-c2ccc(N3CCC(c4cnc([C@@H]5CCCN5C(=O)[C@@H](NC(=O)N5CCOCC5)C(C)C)[nH]4)CC3)c3c2C2CCC3C2)[nH]1. The van der Waals surface area contributed by atoms with Gasteiger partial charge < -0.3 is 54.6 Å². The number of nitrogens with zero attached hydrogens (tertiary/aromatic N) is 7. The Morgan fingerprint density at radius 2 is 1.13 bits per heavy atom. The predicted molar refractivity (Wildman–Crippen MR) is 253 cm³/mol. The zero-order chi connectivity index (χ0) is 46.3. The van der Waals surface area contributed by atoms with Crippen molar-refractivity contribution in [3.63, 3.8) is 0 Å². The van der Waals surface area contributed by atoms with E-state index in [0.717, 1.165) is 74.7 Å². The van der Waals surface area contributed by atoms with Crippen molar-refractivity contribution in [3.05, 3.63) is 53.0 Å². The number of hydrogen-bond donors (Lipinski definition) is 4. The number of rotatable bonds is 11. The molecule has 6 amide bonds. The number of anilines is 1. The van der Waals surface area contributed by atoms with Crippen LogP contribution < -0.4 is 15.5 Å². The number of piperidine rings is 1. The maximum Gasteiger partial charge on any atom is 0.318 e. The number of imidazole rings is 2. The van der Waals surface area contributed by atoms with Gasteiger partial charge in [-0.05, 0) is 98.7 Å². The molecular weight excluding hydrogens is 851 g/mol. The van der Waals surface area contributed by atoms with Crippen LogP contribution in [0.2, 0.25) is 0 Å². The van der Waals surface area contributed by atoms with Crippen molar-refractivity contribution in [3.8, 4) is 11.3 Å². The Labute approximate surface area is 394 Å². The van der Waals surface area contributed by atoms with E-state index < -0.39 is 12.1 Å². The van der Waals surface area contributed by atoms with E-state index in [9.17, 15) is 19.2 Å². The van der Waals surface area contributed by atoms with Crippen LogP contribution in [0.4, 0.5) is 15.3 Å². The summed E-state index contributed by atoms with van der Waals surface area (Å²) in [5, 5.41) is 6.12. The number of morpholine rings is 2. The first-order chi connectivity index (χ1) is 32.5. The molecule has 67 heavy (non-hydrogen) atoms. The maximum atomic E-state index is 14.2. The van der Waals surface area contributed by atoms with E-state index >= 15 is 0 Å². The number of urea groups is 2. The molecule has 10 rings (SSSR count). The molecule has 5 saturated heterocycles. The summed E-state index contributed by atoms with van der Waals surface area (Å²) in [7, 11) is 0. The lowest BCUT2D eigenvalue weighted by atomic mass is 9.85. The lowest BCUT2D eigenvalue weighted by Gasteiger charge is -2.36. The highest BCUT2D eigenvalue weighted by Crippen LogP contribution is 2.58. The fourth-order valence-corrected chi connectivity index (χ4v) is 12.3. The van der Waals surface area contributed by atoms with Crippen molar-refractivity contribution in [2.75, 3.05) is 83.7 Å². The number of ether oxygens (including phenoxy) is 2. The van der Waals surface area contributed by atoms with Gasteiger partial charge in [-0.25, -0.2) is 19.6 Å². The molecule has 6 fully saturated rings. The number of aromatic amines is 2. The van der Waals surface area contributed by atoms with Crippen LogP contribution in [-0.4, -0.2) is 154 Å². The molecule has 3 aromatic rings. The van der Waals surface area contributed by atoms with Gasteiger partial charge in [-0.1, -0.05) is 33.8 Å². The zero-order valence-electron chi connectivity index (χ0n) is 39.9. The van der Waals surface area contributed by atoms with Crippen molar-refractivity contribution >= 4 is 29.6 Å². The minimum absolute atomic E-state index is 0.0408. The quantitative estimate of drug-likeness (QED) is 0.179. The summed E-state index contributed by atoms with van der Waals surface area (Å²) in [5.74, 6) is 2.90. The number of likely N-dealkylation sites (tertiary alicyclic amines) is 2. The van der Waals surface area contributed by atoms with Gasteiger partial charge in [0, 0.05) is 81.4 Å². The third-order valence-electron chi connectivity index (χ3n) is 16.0. The van der Waals surface area contributed by atoms with Gasteiger partial charge in [0.15, 0.2) is 0 Å². The second kappa shape index (κ2) is 19.4. The summed E-state index contributed by atoms with van der Waals surface area (Å²) >= 11 is 0. The number of fused-ring (bicyclic) bond motifs is 5. The van der Waals surface area contributed by atoms with Gasteiger partial charge in [0.25, 0.3) is 0 Å². The number of hydrogen-bond acceptors (Lipinski definition) is 9. The van der Waals surface area contributed by atoms with Gasteiger partial charge in [0.1, 0.15) is 23.7 Å². The van der Waals surface area contributed by atoms with E-state index in [1.165, 1.54) is 41.6 Å². The van der Waals surface area contributed by atoms with E-state index in [2.05, 4.69) is 37.6 Å². The Hall–Kier alpha value is -5.16. The van der Waals surface area contributed by atoms with Crippen molar-refractivity contribution in [1.29, 1.82) is 0 Å². The molecular formula is C50H71N11O6. The lowest BCUT2D eigenvalue weighted by molar-refractivity contribution is -0.136. The number of amides is 6. The number of carbonyl (C=O) groups excluding carboxylic acids is 4. The number of H-pyrrole nitrogens is 2. The molecule has 1 aromatic carbocycles. The van der Waals surface area contributed by atoms with Crippen molar-refractivity contribution in [1.82, 2.24) is 50.2 Å². The molecule has 0 radical (unpaired) electrons. The van der Waals surface area contributed by atoms with Crippen molar-refractivity contribution < 1.29 is 28.7 Å². The largest absolute Gasteiger partial charge is 0.378 e. The minimum Gasteiger partial charge on any atom is -0.378 e. The highest BCUT2D eigenvalue weighted by molar-refractivity contribution is 5.89. The first kappa shape index (κ1) is 45.6. The monoisotopic (exact) mass is 922 g/mol. The van der Waals surface area contributed by atoms with E-state index in [-0.39, 0.29) is 47.8 Å². The van der Waals surface area contributed by atoms with Crippen LogP contribution in [-0.2, 0) is 19.1 Å². The highest BCUT2D eigenvalue weighted by Gasteiger charge is 2.43. The first-order valence-electron chi connectivity index (χ1n) is 25.4. The van der Waals surface area contributed by atoms with Crippen LogP contribution in [0.15, 0.2) is 24.5 Å². The van der Waals surface area contributed by atoms with Crippen molar-refractivity contribution in [2.45, 2.75) is 127 Å². The number of benzene rings is 1. The van der Waals surface area contributed by atoms with Gasteiger partial charge in [-0.2, -0.15) is 0 Å². The third kappa shape index (κ3) is 9.02. The van der Waals surface area contributed by atoms with E-state index in [1.54, 1.807) is 9.80 Å².